The van der Waals surface area contributed by atoms with Gasteiger partial charge in [-0.2, -0.15) is 0 Å². The van der Waals surface area contributed by atoms with Crippen molar-refractivity contribution in [1.82, 2.24) is 10.2 Å². The molecule has 0 aliphatic carbocycles. The fourth-order valence-electron chi connectivity index (χ4n) is 1.71. The highest BCUT2D eigenvalue weighted by atomic mass is 16.4. The highest BCUT2D eigenvalue weighted by Gasteiger charge is 2.17. The third kappa shape index (κ3) is 2.49. The number of amides is 1. The summed E-state index contributed by atoms with van der Waals surface area (Å²) in [5.74, 6) is -0.0764. The van der Waals surface area contributed by atoms with Crippen molar-refractivity contribution in [3.63, 3.8) is 0 Å². The molecule has 0 aromatic carbocycles. The fourth-order valence-corrected chi connectivity index (χ4v) is 1.71. The Kier molecular flexibility index (Phi) is 3.36. The van der Waals surface area contributed by atoms with E-state index in [1.807, 2.05) is 0 Å². The monoisotopic (exact) mass is 222 g/mol. The minimum absolute atomic E-state index is 0.0764. The highest BCUT2D eigenvalue weighted by Crippen LogP contribution is 2.04. The molecule has 0 atom stereocenters. The molecule has 86 valence electrons. The van der Waals surface area contributed by atoms with Crippen molar-refractivity contribution in [2.45, 2.75) is 6.42 Å². The van der Waals surface area contributed by atoms with E-state index < -0.39 is 5.63 Å². The zero-order valence-corrected chi connectivity index (χ0v) is 8.94. The van der Waals surface area contributed by atoms with E-state index in [4.69, 9.17) is 0 Å². The molecular weight excluding hydrogens is 208 g/mol. The van der Waals surface area contributed by atoms with E-state index in [0.29, 0.717) is 12.1 Å². The Bertz CT molecular complexity index is 399. The molecule has 2 rings (SSSR count). The first-order chi connectivity index (χ1) is 7.77. The van der Waals surface area contributed by atoms with E-state index in [0.717, 1.165) is 26.1 Å². The number of nitrogens with one attached hydrogen (secondary N) is 1. The molecule has 5 heteroatoms. The van der Waals surface area contributed by atoms with Crippen LogP contribution in [-0.2, 0) is 0 Å². The van der Waals surface area contributed by atoms with Crippen LogP contribution in [0, 0.1) is 0 Å². The van der Waals surface area contributed by atoms with E-state index >= 15 is 0 Å². The molecule has 0 radical (unpaired) electrons. The zero-order valence-electron chi connectivity index (χ0n) is 8.94. The van der Waals surface area contributed by atoms with E-state index in [9.17, 15) is 9.59 Å². The molecule has 1 fully saturated rings. The van der Waals surface area contributed by atoms with Gasteiger partial charge in [-0.05, 0) is 19.0 Å². The second-order valence-corrected chi connectivity index (χ2v) is 3.74. The maximum Gasteiger partial charge on any atom is 0.335 e. The molecule has 1 aliphatic heterocycles. The Morgan fingerprint density at radius 3 is 2.94 bits per heavy atom. The van der Waals surface area contributed by atoms with Crippen LogP contribution in [-0.4, -0.2) is 37.0 Å². The average molecular weight is 222 g/mol. The predicted octanol–water partition coefficient (Wildman–Crippen LogP) is 0.0753. The SMILES string of the molecule is O=C(c1ccc(=O)oc1)N1CCCNCC1. The Hall–Kier alpha value is -1.62. The Morgan fingerprint density at radius 1 is 1.31 bits per heavy atom. The molecule has 0 unspecified atom stereocenters. The van der Waals surface area contributed by atoms with Crippen molar-refractivity contribution in [1.29, 1.82) is 0 Å². The van der Waals surface area contributed by atoms with Crippen molar-refractivity contribution in [3.05, 3.63) is 34.4 Å². The molecular formula is C11H14N2O3. The lowest BCUT2D eigenvalue weighted by Gasteiger charge is -2.19. The lowest BCUT2D eigenvalue weighted by Crippen LogP contribution is -2.34. The van der Waals surface area contributed by atoms with Crippen molar-refractivity contribution in [2.75, 3.05) is 26.2 Å². The standard InChI is InChI=1S/C11H14N2O3/c14-10-3-2-9(8-16-10)11(15)13-6-1-4-12-5-7-13/h2-3,8,12H,1,4-7H2. The van der Waals surface area contributed by atoms with Gasteiger partial charge in [-0.3, -0.25) is 4.79 Å². The molecule has 16 heavy (non-hydrogen) atoms. The second-order valence-electron chi connectivity index (χ2n) is 3.74. The van der Waals surface area contributed by atoms with Gasteiger partial charge in [0, 0.05) is 25.7 Å². The van der Waals surface area contributed by atoms with Crippen LogP contribution in [0.25, 0.3) is 0 Å². The summed E-state index contributed by atoms with van der Waals surface area (Å²) in [6.45, 7) is 3.18. The lowest BCUT2D eigenvalue weighted by molar-refractivity contribution is 0.0763. The van der Waals surface area contributed by atoms with Crippen LogP contribution in [0.5, 0.6) is 0 Å². The first kappa shape index (κ1) is 10.9. The molecule has 5 nitrogen and oxygen atoms in total. The normalized spacial score (nSPS) is 16.9. The van der Waals surface area contributed by atoms with Gasteiger partial charge in [-0.25, -0.2) is 4.79 Å². The molecule has 0 bridgehead atoms. The van der Waals surface area contributed by atoms with Gasteiger partial charge in [-0.15, -0.1) is 0 Å². The van der Waals surface area contributed by atoms with Gasteiger partial charge in [0.05, 0.1) is 5.56 Å². The summed E-state index contributed by atoms with van der Waals surface area (Å²) in [5.41, 5.74) is -0.00409. The van der Waals surface area contributed by atoms with Gasteiger partial charge in [0.15, 0.2) is 0 Å². The molecule has 1 aromatic heterocycles. The smallest absolute Gasteiger partial charge is 0.335 e. The maximum atomic E-state index is 12.0. The molecule has 0 saturated carbocycles. The minimum Gasteiger partial charge on any atom is -0.430 e. The summed E-state index contributed by atoms with van der Waals surface area (Å²) in [5, 5.41) is 3.23. The van der Waals surface area contributed by atoms with E-state index in [1.54, 1.807) is 4.90 Å². The largest absolute Gasteiger partial charge is 0.430 e. The van der Waals surface area contributed by atoms with Gasteiger partial charge < -0.3 is 14.6 Å². The fraction of sp³-hybridized carbons (Fsp3) is 0.455. The quantitative estimate of drug-likeness (QED) is 0.730. The predicted molar refractivity (Wildman–Crippen MR) is 58.4 cm³/mol. The van der Waals surface area contributed by atoms with Crippen molar-refractivity contribution >= 4 is 5.91 Å². The second kappa shape index (κ2) is 4.94. The first-order valence-corrected chi connectivity index (χ1v) is 5.36. The van der Waals surface area contributed by atoms with Crippen LogP contribution in [0.1, 0.15) is 16.8 Å². The van der Waals surface area contributed by atoms with Crippen LogP contribution >= 0.6 is 0 Å². The molecule has 1 saturated heterocycles. The summed E-state index contributed by atoms with van der Waals surface area (Å²) < 4.78 is 4.68. The summed E-state index contributed by atoms with van der Waals surface area (Å²) >= 11 is 0. The van der Waals surface area contributed by atoms with E-state index in [-0.39, 0.29) is 5.91 Å². The summed E-state index contributed by atoms with van der Waals surface area (Å²) in [7, 11) is 0. The summed E-state index contributed by atoms with van der Waals surface area (Å²) in [6, 6.07) is 2.77. The maximum absolute atomic E-state index is 12.0. The topological polar surface area (TPSA) is 62.6 Å². The van der Waals surface area contributed by atoms with Crippen molar-refractivity contribution in [2.24, 2.45) is 0 Å². The Morgan fingerprint density at radius 2 is 2.19 bits per heavy atom. The Balaban J connectivity index is 2.11. The average Bonchev–Trinajstić information content (AvgIpc) is 2.57. The van der Waals surface area contributed by atoms with E-state index in [2.05, 4.69) is 9.73 Å². The number of hydrogen-bond acceptors (Lipinski definition) is 4. The third-order valence-corrected chi connectivity index (χ3v) is 2.58. The third-order valence-electron chi connectivity index (χ3n) is 2.58. The molecule has 1 aromatic rings. The van der Waals surface area contributed by atoms with Crippen LogP contribution in [0.2, 0.25) is 0 Å². The van der Waals surface area contributed by atoms with Crippen LogP contribution in [0.15, 0.2) is 27.6 Å². The van der Waals surface area contributed by atoms with Crippen molar-refractivity contribution < 1.29 is 9.21 Å². The summed E-state index contributed by atoms with van der Waals surface area (Å²) in [6.07, 6.45) is 2.17. The first-order valence-electron chi connectivity index (χ1n) is 5.36. The number of hydrogen-bond donors (Lipinski definition) is 1. The molecule has 1 N–H and O–H groups in total. The Labute approximate surface area is 93.1 Å². The van der Waals surface area contributed by atoms with Gasteiger partial charge in [0.25, 0.3) is 5.91 Å². The van der Waals surface area contributed by atoms with Crippen LogP contribution < -0.4 is 10.9 Å². The molecule has 2 heterocycles. The van der Waals surface area contributed by atoms with Gasteiger partial charge in [-0.1, -0.05) is 0 Å². The summed E-state index contributed by atoms with van der Waals surface area (Å²) in [4.78, 5) is 24.5. The number of rotatable bonds is 1. The molecule has 1 aliphatic rings. The highest BCUT2D eigenvalue weighted by molar-refractivity contribution is 5.93. The van der Waals surface area contributed by atoms with Gasteiger partial charge >= 0.3 is 5.63 Å². The molecule has 1 amide bonds. The van der Waals surface area contributed by atoms with Crippen LogP contribution in [0.4, 0.5) is 0 Å². The number of nitrogens with zero attached hydrogens (tertiary/aromatic N) is 1. The van der Waals surface area contributed by atoms with Crippen LogP contribution in [0.3, 0.4) is 0 Å². The number of carbonyl (C=O) groups excluding carboxylic acids is 1. The lowest BCUT2D eigenvalue weighted by atomic mass is 10.2. The van der Waals surface area contributed by atoms with Gasteiger partial charge in [0.1, 0.15) is 6.26 Å². The molecule has 0 spiro atoms. The minimum atomic E-state index is -0.436. The van der Waals surface area contributed by atoms with Gasteiger partial charge in [0.2, 0.25) is 0 Å². The zero-order chi connectivity index (χ0) is 11.4. The number of carbonyl (C=O) groups is 1. The van der Waals surface area contributed by atoms with Crippen molar-refractivity contribution in [3.8, 4) is 0 Å². The van der Waals surface area contributed by atoms with E-state index in [1.165, 1.54) is 18.4 Å².